The van der Waals surface area contributed by atoms with Crippen LogP contribution >= 0.6 is 11.6 Å². The number of halogens is 1. The van der Waals surface area contributed by atoms with Crippen LogP contribution in [0, 0.1) is 12.8 Å². The fraction of sp³-hybridized carbons (Fsp3) is 0.350. The van der Waals surface area contributed by atoms with E-state index in [4.69, 9.17) is 16.3 Å². The molecule has 5 nitrogen and oxygen atoms in total. The van der Waals surface area contributed by atoms with E-state index in [0.29, 0.717) is 30.4 Å². The summed E-state index contributed by atoms with van der Waals surface area (Å²) in [6.07, 6.45) is 5.04. The number of hydrogen-bond donors (Lipinski definition) is 1. The van der Waals surface area contributed by atoms with E-state index in [1.807, 2.05) is 6.07 Å². The Balaban J connectivity index is 2.12. The van der Waals surface area contributed by atoms with E-state index in [9.17, 15) is 13.2 Å². The van der Waals surface area contributed by atoms with Crippen molar-refractivity contribution in [2.75, 3.05) is 19.5 Å². The first-order valence-electron chi connectivity index (χ1n) is 8.75. The molecule has 2 aromatic rings. The second-order valence-corrected chi connectivity index (χ2v) is 9.22. The van der Waals surface area contributed by atoms with Gasteiger partial charge in [0.2, 0.25) is 0 Å². The van der Waals surface area contributed by atoms with Crippen molar-refractivity contribution >= 4 is 27.0 Å². The summed E-state index contributed by atoms with van der Waals surface area (Å²) in [5.41, 5.74) is 2.76. The van der Waals surface area contributed by atoms with Crippen LogP contribution in [0.2, 0.25) is 5.02 Å². The highest BCUT2D eigenvalue weighted by Crippen LogP contribution is 2.31. The zero-order chi connectivity index (χ0) is 19.6. The molecule has 2 heterocycles. The van der Waals surface area contributed by atoms with Gasteiger partial charge in [0, 0.05) is 36.3 Å². The summed E-state index contributed by atoms with van der Waals surface area (Å²) in [6.45, 7) is 3.15. The fourth-order valence-electron chi connectivity index (χ4n) is 3.13. The smallest absolute Gasteiger partial charge is 0.251 e. The number of sulfone groups is 1. The number of H-pyrrole nitrogens is 1. The van der Waals surface area contributed by atoms with Crippen LogP contribution in [0.3, 0.4) is 0 Å². The Morgan fingerprint density at radius 3 is 2.52 bits per heavy atom. The van der Waals surface area contributed by atoms with Gasteiger partial charge in [-0.15, -0.1) is 0 Å². The number of allylic oxidation sites excluding steroid dienone is 1. The number of hydrogen-bond acceptors (Lipinski definition) is 4. The van der Waals surface area contributed by atoms with Crippen molar-refractivity contribution in [3.05, 3.63) is 68.6 Å². The van der Waals surface area contributed by atoms with Crippen LogP contribution in [-0.4, -0.2) is 32.9 Å². The van der Waals surface area contributed by atoms with Gasteiger partial charge in [-0.1, -0.05) is 29.8 Å². The number of pyridine rings is 1. The first-order chi connectivity index (χ1) is 12.8. The fourth-order valence-corrected chi connectivity index (χ4v) is 4.46. The van der Waals surface area contributed by atoms with Gasteiger partial charge >= 0.3 is 0 Å². The van der Waals surface area contributed by atoms with Gasteiger partial charge in [-0.05, 0) is 49.4 Å². The molecule has 144 valence electrons. The third kappa shape index (κ3) is 4.69. The van der Waals surface area contributed by atoms with Crippen molar-refractivity contribution in [3.63, 3.8) is 0 Å². The standard InChI is InChI=1S/C20H22ClNO4S/c1-13-3-5-18(22-20(13)23)16(11-14-7-9-26-10-8-14)15-4-6-19(17(21)12-15)27(2,24)25/h3-6,11-12,14H,7-10H2,1-2H3,(H,22,23). The highest BCUT2D eigenvalue weighted by atomic mass is 35.5. The Labute approximate surface area is 164 Å². The van der Waals surface area contributed by atoms with Gasteiger partial charge in [0.1, 0.15) is 0 Å². The highest BCUT2D eigenvalue weighted by molar-refractivity contribution is 7.90. The van der Waals surface area contributed by atoms with E-state index in [1.54, 1.807) is 25.1 Å². The van der Waals surface area contributed by atoms with E-state index in [0.717, 1.165) is 30.2 Å². The molecule has 1 aromatic heterocycles. The molecule has 0 saturated carbocycles. The van der Waals surface area contributed by atoms with Gasteiger partial charge < -0.3 is 9.72 Å². The predicted molar refractivity (Wildman–Crippen MR) is 107 cm³/mol. The van der Waals surface area contributed by atoms with Crippen molar-refractivity contribution in [1.82, 2.24) is 4.98 Å². The van der Waals surface area contributed by atoms with Crippen LogP contribution in [0.4, 0.5) is 0 Å². The number of rotatable bonds is 4. The lowest BCUT2D eigenvalue weighted by Gasteiger charge is -2.21. The molecule has 7 heteroatoms. The van der Waals surface area contributed by atoms with Crippen molar-refractivity contribution in [2.24, 2.45) is 5.92 Å². The van der Waals surface area contributed by atoms with E-state index < -0.39 is 9.84 Å². The summed E-state index contributed by atoms with van der Waals surface area (Å²) in [5.74, 6) is 0.312. The Kier molecular flexibility index (Phi) is 5.89. The number of aromatic amines is 1. The minimum Gasteiger partial charge on any atom is -0.381 e. The number of benzene rings is 1. The van der Waals surface area contributed by atoms with Crippen molar-refractivity contribution < 1.29 is 13.2 Å². The molecule has 0 amide bonds. The maximum Gasteiger partial charge on any atom is 0.251 e. The minimum absolute atomic E-state index is 0.0933. The molecule has 0 atom stereocenters. The molecule has 1 aliphatic rings. The summed E-state index contributed by atoms with van der Waals surface area (Å²) in [5, 5.41) is 0.169. The molecule has 0 aliphatic carbocycles. The first kappa shape index (κ1) is 19.9. The van der Waals surface area contributed by atoms with Crippen LogP contribution < -0.4 is 5.56 Å². The lowest BCUT2D eigenvalue weighted by Crippen LogP contribution is -2.15. The van der Waals surface area contributed by atoms with Gasteiger partial charge in [-0.2, -0.15) is 0 Å². The minimum atomic E-state index is -3.41. The van der Waals surface area contributed by atoms with E-state index in [2.05, 4.69) is 11.1 Å². The van der Waals surface area contributed by atoms with Crippen molar-refractivity contribution in [2.45, 2.75) is 24.7 Å². The number of ether oxygens (including phenoxy) is 1. The second kappa shape index (κ2) is 8.00. The molecule has 1 aliphatic heterocycles. The monoisotopic (exact) mass is 407 g/mol. The van der Waals surface area contributed by atoms with Crippen LogP contribution in [0.25, 0.3) is 5.57 Å². The summed E-state index contributed by atoms with van der Waals surface area (Å²) in [4.78, 5) is 15.1. The molecule has 0 unspecified atom stereocenters. The Morgan fingerprint density at radius 2 is 1.93 bits per heavy atom. The number of nitrogens with one attached hydrogen (secondary N) is 1. The van der Waals surface area contributed by atoms with Crippen molar-refractivity contribution in [1.29, 1.82) is 0 Å². The molecule has 0 bridgehead atoms. The summed E-state index contributed by atoms with van der Waals surface area (Å²) in [7, 11) is -3.41. The normalized spacial score (nSPS) is 16.5. The van der Waals surface area contributed by atoms with Gasteiger partial charge in [-0.25, -0.2) is 8.42 Å². The second-order valence-electron chi connectivity index (χ2n) is 6.83. The first-order valence-corrected chi connectivity index (χ1v) is 11.0. The molecule has 0 spiro atoms. The molecule has 3 rings (SSSR count). The zero-order valence-corrected chi connectivity index (χ0v) is 16.9. The molecular weight excluding hydrogens is 386 g/mol. The lowest BCUT2D eigenvalue weighted by atomic mass is 9.92. The number of aryl methyl sites for hydroxylation is 1. The molecule has 1 N–H and O–H groups in total. The molecule has 1 aromatic carbocycles. The highest BCUT2D eigenvalue weighted by Gasteiger charge is 2.18. The Morgan fingerprint density at radius 1 is 1.22 bits per heavy atom. The molecular formula is C20H22ClNO4S. The molecule has 1 fully saturated rings. The summed E-state index contributed by atoms with van der Waals surface area (Å²) in [6, 6.07) is 8.52. The van der Waals surface area contributed by atoms with Crippen molar-refractivity contribution in [3.8, 4) is 0 Å². The van der Waals surface area contributed by atoms with Gasteiger partial charge in [0.05, 0.1) is 9.92 Å². The zero-order valence-electron chi connectivity index (χ0n) is 15.3. The van der Waals surface area contributed by atoms with Crippen LogP contribution in [0.1, 0.15) is 29.7 Å². The van der Waals surface area contributed by atoms with E-state index in [1.165, 1.54) is 6.07 Å². The summed E-state index contributed by atoms with van der Waals surface area (Å²) < 4.78 is 29.1. The molecule has 0 radical (unpaired) electrons. The predicted octanol–water partition coefficient (Wildman–Crippen LogP) is 3.60. The Bertz CT molecular complexity index is 1030. The van der Waals surface area contributed by atoms with Gasteiger partial charge in [0.25, 0.3) is 5.56 Å². The van der Waals surface area contributed by atoms with Crippen LogP contribution in [0.5, 0.6) is 0 Å². The third-order valence-corrected chi connectivity index (χ3v) is 6.29. The van der Waals surface area contributed by atoms with Gasteiger partial charge in [0.15, 0.2) is 9.84 Å². The van der Waals surface area contributed by atoms with Crippen LogP contribution in [0.15, 0.2) is 46.1 Å². The molecule has 1 saturated heterocycles. The van der Waals surface area contributed by atoms with Crippen LogP contribution in [-0.2, 0) is 14.6 Å². The SMILES string of the molecule is Cc1ccc(C(=CC2CCOCC2)c2ccc(S(C)(=O)=O)c(Cl)c2)[nH]c1=O. The maximum absolute atomic E-state index is 12.1. The maximum atomic E-state index is 12.1. The lowest BCUT2D eigenvalue weighted by molar-refractivity contribution is 0.0786. The van der Waals surface area contributed by atoms with Gasteiger partial charge in [-0.3, -0.25) is 4.79 Å². The summed E-state index contributed by atoms with van der Waals surface area (Å²) >= 11 is 6.25. The Hall–Kier alpha value is -1.89. The third-order valence-electron chi connectivity index (χ3n) is 4.71. The molecule has 27 heavy (non-hydrogen) atoms. The number of aromatic nitrogens is 1. The van der Waals surface area contributed by atoms with E-state index in [-0.39, 0.29) is 15.5 Å². The average Bonchev–Trinajstić information content (AvgIpc) is 2.62. The van der Waals surface area contributed by atoms with E-state index >= 15 is 0 Å². The average molecular weight is 408 g/mol. The quantitative estimate of drug-likeness (QED) is 0.840. The largest absolute Gasteiger partial charge is 0.381 e. The topological polar surface area (TPSA) is 76.2 Å².